The summed E-state index contributed by atoms with van der Waals surface area (Å²) in [6.07, 6.45) is 3.14. The van der Waals surface area contributed by atoms with Crippen LogP contribution in [-0.4, -0.2) is 46.5 Å². The molecule has 1 atom stereocenters. The molecule has 1 aliphatic carbocycles. The second-order valence-electron chi connectivity index (χ2n) is 8.31. The van der Waals surface area contributed by atoms with Gasteiger partial charge in [0.05, 0.1) is 17.6 Å². The molecule has 1 aromatic heterocycles. The molecule has 2 aromatic rings. The van der Waals surface area contributed by atoms with Crippen LogP contribution in [0.5, 0.6) is 0 Å². The number of esters is 1. The minimum atomic E-state index is -0.923. The summed E-state index contributed by atoms with van der Waals surface area (Å²) >= 11 is 0. The van der Waals surface area contributed by atoms with Crippen molar-refractivity contribution in [3.05, 3.63) is 35.0 Å². The van der Waals surface area contributed by atoms with Gasteiger partial charge in [-0.25, -0.2) is 9.59 Å². The molecule has 0 saturated carbocycles. The second kappa shape index (κ2) is 6.65. The molecule has 148 valence electrons. The molecule has 2 aliphatic rings. The first kappa shape index (κ1) is 18.5. The van der Waals surface area contributed by atoms with Crippen LogP contribution in [-0.2, 0) is 22.4 Å². The van der Waals surface area contributed by atoms with Gasteiger partial charge < -0.3 is 15.0 Å². The largest absolute Gasteiger partial charge is 0.460 e. The normalized spacial score (nSPS) is 21.0. The number of rotatable bonds is 4. The van der Waals surface area contributed by atoms with E-state index < -0.39 is 17.5 Å². The van der Waals surface area contributed by atoms with Gasteiger partial charge in [0, 0.05) is 11.1 Å². The van der Waals surface area contributed by atoms with Gasteiger partial charge in [-0.2, -0.15) is 0 Å². The Balaban J connectivity index is 1.48. The van der Waals surface area contributed by atoms with Gasteiger partial charge in [0.25, 0.3) is 5.91 Å². The van der Waals surface area contributed by atoms with Crippen molar-refractivity contribution >= 4 is 28.8 Å². The van der Waals surface area contributed by atoms with Crippen LogP contribution in [0, 0.1) is 5.92 Å². The number of benzene rings is 1. The number of para-hydroxylation sites is 1. The highest BCUT2D eigenvalue weighted by Crippen LogP contribution is 2.33. The van der Waals surface area contributed by atoms with Gasteiger partial charge in [0.2, 0.25) is 0 Å². The van der Waals surface area contributed by atoms with Gasteiger partial charge in [-0.15, -0.1) is 0 Å². The monoisotopic (exact) mass is 383 g/mol. The lowest BCUT2D eigenvalue weighted by Crippen LogP contribution is -2.40. The van der Waals surface area contributed by atoms with Gasteiger partial charge in [0.1, 0.15) is 12.1 Å². The van der Waals surface area contributed by atoms with E-state index >= 15 is 0 Å². The Morgan fingerprint density at radius 1 is 1.32 bits per heavy atom. The van der Waals surface area contributed by atoms with Gasteiger partial charge in [-0.1, -0.05) is 19.1 Å². The molecular formula is C21H25N3O4. The number of urea groups is 1. The number of carbonyl (C=O) groups is 3. The van der Waals surface area contributed by atoms with E-state index in [1.807, 2.05) is 12.1 Å². The van der Waals surface area contributed by atoms with E-state index in [2.05, 4.69) is 17.2 Å². The number of aromatic amines is 1. The van der Waals surface area contributed by atoms with E-state index in [1.54, 1.807) is 19.9 Å². The number of nitrogens with one attached hydrogen (secondary N) is 2. The molecule has 0 radical (unpaired) electrons. The van der Waals surface area contributed by atoms with Crippen molar-refractivity contribution in [2.24, 2.45) is 5.92 Å². The Kier molecular flexibility index (Phi) is 4.40. The number of hydrogen-bond donors (Lipinski definition) is 2. The average Bonchev–Trinajstić information content (AvgIpc) is 3.10. The summed E-state index contributed by atoms with van der Waals surface area (Å²) in [4.78, 5) is 41.3. The minimum absolute atomic E-state index is 0.0363. The quantitative estimate of drug-likeness (QED) is 0.627. The van der Waals surface area contributed by atoms with Crippen LogP contribution in [0.25, 0.3) is 10.9 Å². The number of fused-ring (bicyclic) bond motifs is 3. The van der Waals surface area contributed by atoms with E-state index in [4.69, 9.17) is 4.74 Å². The predicted molar refractivity (Wildman–Crippen MR) is 104 cm³/mol. The van der Waals surface area contributed by atoms with Crippen molar-refractivity contribution in [2.45, 2.75) is 45.6 Å². The number of imide groups is 1. The van der Waals surface area contributed by atoms with Crippen molar-refractivity contribution in [3.63, 3.8) is 0 Å². The maximum absolute atomic E-state index is 12.7. The molecule has 1 fully saturated rings. The Bertz CT molecular complexity index is 975. The van der Waals surface area contributed by atoms with Crippen molar-refractivity contribution in [1.82, 2.24) is 15.2 Å². The molecule has 3 amide bonds. The van der Waals surface area contributed by atoms with E-state index in [1.165, 1.54) is 11.3 Å². The van der Waals surface area contributed by atoms with Crippen LogP contribution in [0.15, 0.2) is 18.2 Å². The van der Waals surface area contributed by atoms with E-state index in [0.717, 1.165) is 35.1 Å². The Morgan fingerprint density at radius 2 is 2.11 bits per heavy atom. The first-order valence-electron chi connectivity index (χ1n) is 9.71. The van der Waals surface area contributed by atoms with Crippen molar-refractivity contribution in [1.29, 1.82) is 0 Å². The zero-order valence-electron chi connectivity index (χ0n) is 16.4. The standard InChI is InChI=1S/C21H25N3O4/c1-12-7-8-16-15(11-12)13-5-4-6-14(17(13)22-16)18(25)28-10-9-24-19(26)21(2,3)23-20(24)27/h4-6,12,22H,7-11H2,1-3H3,(H,23,27)/t12-/m0/s1. The molecular weight excluding hydrogens is 358 g/mol. The SMILES string of the molecule is C[C@H]1CCc2[nH]c3c(C(=O)OCCN4C(=O)NC(C)(C)C4=O)cccc3c2C1. The molecule has 1 aliphatic heterocycles. The fourth-order valence-electron chi connectivity index (χ4n) is 4.11. The average molecular weight is 383 g/mol. The lowest BCUT2D eigenvalue weighted by molar-refractivity contribution is -0.130. The minimum Gasteiger partial charge on any atom is -0.460 e. The number of nitrogens with zero attached hydrogens (tertiary/aromatic N) is 1. The maximum Gasteiger partial charge on any atom is 0.340 e. The molecule has 4 rings (SSSR count). The summed E-state index contributed by atoms with van der Waals surface area (Å²) < 4.78 is 5.38. The van der Waals surface area contributed by atoms with Gasteiger partial charge in [-0.05, 0) is 50.7 Å². The highest BCUT2D eigenvalue weighted by Gasteiger charge is 2.44. The lowest BCUT2D eigenvalue weighted by atomic mass is 9.87. The Labute approximate surface area is 163 Å². The summed E-state index contributed by atoms with van der Waals surface area (Å²) in [7, 11) is 0. The first-order chi connectivity index (χ1) is 13.3. The highest BCUT2D eigenvalue weighted by atomic mass is 16.5. The molecule has 1 saturated heterocycles. The molecule has 0 unspecified atom stereocenters. The Morgan fingerprint density at radius 3 is 2.82 bits per heavy atom. The molecule has 0 spiro atoms. The van der Waals surface area contributed by atoms with Crippen LogP contribution < -0.4 is 5.32 Å². The summed E-state index contributed by atoms with van der Waals surface area (Å²) in [6, 6.07) is 5.19. The van der Waals surface area contributed by atoms with Crippen molar-refractivity contribution in [2.75, 3.05) is 13.2 Å². The molecule has 2 heterocycles. The molecule has 28 heavy (non-hydrogen) atoms. The van der Waals surface area contributed by atoms with Crippen LogP contribution >= 0.6 is 0 Å². The third-order valence-corrected chi connectivity index (χ3v) is 5.68. The van der Waals surface area contributed by atoms with Crippen LogP contribution in [0.2, 0.25) is 0 Å². The van der Waals surface area contributed by atoms with Crippen LogP contribution in [0.3, 0.4) is 0 Å². The number of amides is 3. The van der Waals surface area contributed by atoms with E-state index in [-0.39, 0.29) is 19.1 Å². The molecule has 1 aromatic carbocycles. The fraction of sp³-hybridized carbons (Fsp3) is 0.476. The smallest absolute Gasteiger partial charge is 0.340 e. The summed E-state index contributed by atoms with van der Waals surface area (Å²) in [5.41, 5.74) is 2.87. The van der Waals surface area contributed by atoms with Crippen LogP contribution in [0.4, 0.5) is 4.79 Å². The maximum atomic E-state index is 12.7. The number of aromatic nitrogens is 1. The molecule has 7 nitrogen and oxygen atoms in total. The second-order valence-corrected chi connectivity index (χ2v) is 8.31. The lowest BCUT2D eigenvalue weighted by Gasteiger charge is -2.17. The third-order valence-electron chi connectivity index (χ3n) is 5.68. The summed E-state index contributed by atoms with van der Waals surface area (Å²) in [5.74, 6) is -0.138. The zero-order chi connectivity index (χ0) is 20.1. The molecule has 2 N–H and O–H groups in total. The number of carbonyl (C=O) groups excluding carboxylic acids is 3. The van der Waals surface area contributed by atoms with Gasteiger partial charge in [-0.3, -0.25) is 9.69 Å². The Hall–Kier alpha value is -2.83. The summed E-state index contributed by atoms with van der Waals surface area (Å²) in [6.45, 7) is 5.54. The number of aryl methyl sites for hydroxylation is 1. The van der Waals surface area contributed by atoms with E-state index in [9.17, 15) is 14.4 Å². The first-order valence-corrected chi connectivity index (χ1v) is 9.71. The zero-order valence-corrected chi connectivity index (χ0v) is 16.4. The van der Waals surface area contributed by atoms with Crippen molar-refractivity contribution < 1.29 is 19.1 Å². The van der Waals surface area contributed by atoms with Gasteiger partial charge >= 0.3 is 12.0 Å². The van der Waals surface area contributed by atoms with Gasteiger partial charge in [0.15, 0.2) is 0 Å². The predicted octanol–water partition coefficient (Wildman–Crippen LogP) is 2.78. The number of ether oxygens (including phenoxy) is 1. The number of hydrogen-bond acceptors (Lipinski definition) is 4. The summed E-state index contributed by atoms with van der Waals surface area (Å²) in [5, 5.41) is 3.69. The molecule has 7 heteroatoms. The number of H-pyrrole nitrogens is 1. The van der Waals surface area contributed by atoms with Crippen molar-refractivity contribution in [3.8, 4) is 0 Å². The van der Waals surface area contributed by atoms with E-state index in [0.29, 0.717) is 11.5 Å². The highest BCUT2D eigenvalue weighted by molar-refractivity contribution is 6.06. The third kappa shape index (κ3) is 3.04. The van der Waals surface area contributed by atoms with Crippen LogP contribution in [0.1, 0.15) is 48.8 Å². The topological polar surface area (TPSA) is 91.5 Å². The fourth-order valence-corrected chi connectivity index (χ4v) is 4.11. The molecule has 0 bridgehead atoms.